The van der Waals surface area contributed by atoms with Crippen molar-refractivity contribution in [1.29, 1.82) is 0 Å². The lowest BCUT2D eigenvalue weighted by atomic mass is 9.95. The maximum absolute atomic E-state index is 12.9. The third kappa shape index (κ3) is 3.06. The summed E-state index contributed by atoms with van der Waals surface area (Å²) in [7, 11) is 4.01. The number of carbonyl (C=O) groups is 1. The molecule has 2 aliphatic rings. The molecule has 0 aliphatic carbocycles. The molecule has 0 N–H and O–H groups in total. The van der Waals surface area contributed by atoms with Gasteiger partial charge in [-0.15, -0.1) is 10.2 Å². The molecule has 2 aliphatic heterocycles. The van der Waals surface area contributed by atoms with E-state index in [1.165, 1.54) is 5.56 Å². The predicted octanol–water partition coefficient (Wildman–Crippen LogP) is 1.84. The van der Waals surface area contributed by atoms with Crippen LogP contribution in [0.5, 0.6) is 0 Å². The Morgan fingerprint density at radius 1 is 1.08 bits per heavy atom. The van der Waals surface area contributed by atoms with Gasteiger partial charge in [-0.25, -0.2) is 0 Å². The molecule has 25 heavy (non-hydrogen) atoms. The van der Waals surface area contributed by atoms with Gasteiger partial charge in [0.15, 0.2) is 5.82 Å². The van der Waals surface area contributed by atoms with Crippen LogP contribution < -0.4 is 0 Å². The lowest BCUT2D eigenvalue weighted by molar-refractivity contribution is -0.136. The van der Waals surface area contributed by atoms with Crippen LogP contribution >= 0.6 is 0 Å². The van der Waals surface area contributed by atoms with Gasteiger partial charge in [0.05, 0.1) is 6.54 Å². The van der Waals surface area contributed by atoms with Gasteiger partial charge in [-0.2, -0.15) is 0 Å². The number of likely N-dealkylation sites (tertiary alicyclic amines) is 1. The zero-order chi connectivity index (χ0) is 17.4. The fraction of sp³-hybridized carbons (Fsp3) is 0.526. The third-order valence-electron chi connectivity index (χ3n) is 5.50. The van der Waals surface area contributed by atoms with Crippen molar-refractivity contribution in [3.63, 3.8) is 0 Å². The van der Waals surface area contributed by atoms with Crippen LogP contribution in [0.25, 0.3) is 0 Å². The van der Waals surface area contributed by atoms with Crippen LogP contribution in [0.3, 0.4) is 0 Å². The summed E-state index contributed by atoms with van der Waals surface area (Å²) < 4.78 is 2.14. The second-order valence-corrected chi connectivity index (χ2v) is 7.32. The summed E-state index contributed by atoms with van der Waals surface area (Å²) in [5, 5.41) is 8.96. The maximum atomic E-state index is 12.9. The first kappa shape index (κ1) is 16.3. The van der Waals surface area contributed by atoms with E-state index in [0.717, 1.165) is 37.6 Å². The Morgan fingerprint density at radius 2 is 1.80 bits per heavy atom. The Bertz CT molecular complexity index is 748. The van der Waals surface area contributed by atoms with Gasteiger partial charge in [0.2, 0.25) is 5.91 Å². The number of amides is 1. The third-order valence-corrected chi connectivity index (χ3v) is 5.50. The molecular weight excluding hydrogens is 314 g/mol. The summed E-state index contributed by atoms with van der Waals surface area (Å²) in [6, 6.07) is 9.99. The second kappa shape index (κ2) is 6.59. The molecule has 6 heteroatoms. The number of fused-ring (bicyclic) bond motifs is 1. The molecule has 132 valence electrons. The normalized spacial score (nSPS) is 22.2. The predicted molar refractivity (Wildman–Crippen MR) is 95.2 cm³/mol. The number of benzene rings is 1. The minimum atomic E-state index is -0.235. The van der Waals surface area contributed by atoms with Crippen molar-refractivity contribution in [2.24, 2.45) is 0 Å². The Morgan fingerprint density at radius 3 is 2.52 bits per heavy atom. The minimum absolute atomic E-state index is 0.158. The Balaban J connectivity index is 1.68. The van der Waals surface area contributed by atoms with Crippen molar-refractivity contribution in [2.75, 3.05) is 27.2 Å². The van der Waals surface area contributed by atoms with Gasteiger partial charge in [0.1, 0.15) is 11.9 Å². The van der Waals surface area contributed by atoms with Crippen molar-refractivity contribution in [2.45, 2.75) is 37.8 Å². The van der Waals surface area contributed by atoms with E-state index < -0.39 is 0 Å². The highest BCUT2D eigenvalue weighted by atomic mass is 16.2. The van der Waals surface area contributed by atoms with Crippen molar-refractivity contribution >= 4 is 5.91 Å². The molecule has 1 atom stereocenters. The first-order chi connectivity index (χ1) is 12.1. The quantitative estimate of drug-likeness (QED) is 0.856. The Labute approximate surface area is 148 Å². The topological polar surface area (TPSA) is 54.3 Å². The molecule has 1 saturated heterocycles. The largest absolute Gasteiger partial charge is 0.336 e. The number of rotatable bonds is 3. The zero-order valence-corrected chi connectivity index (χ0v) is 14.9. The maximum Gasteiger partial charge on any atom is 0.246 e. The monoisotopic (exact) mass is 339 g/mol. The molecule has 1 amide bonds. The molecule has 1 aromatic heterocycles. The van der Waals surface area contributed by atoms with Crippen LogP contribution in [0.1, 0.15) is 42.0 Å². The molecule has 6 nitrogen and oxygen atoms in total. The highest BCUT2D eigenvalue weighted by Gasteiger charge is 2.36. The van der Waals surface area contributed by atoms with Gasteiger partial charge in [0, 0.05) is 19.4 Å². The molecule has 0 saturated carbocycles. The molecule has 4 rings (SSSR count). The molecule has 0 bridgehead atoms. The fourth-order valence-electron chi connectivity index (χ4n) is 4.00. The van der Waals surface area contributed by atoms with Crippen LogP contribution in [0.4, 0.5) is 0 Å². The van der Waals surface area contributed by atoms with Gasteiger partial charge in [-0.1, -0.05) is 30.3 Å². The van der Waals surface area contributed by atoms with E-state index in [-0.39, 0.29) is 11.9 Å². The highest BCUT2D eigenvalue weighted by molar-refractivity contribution is 5.81. The fourth-order valence-corrected chi connectivity index (χ4v) is 4.00. The lowest BCUT2D eigenvalue weighted by Crippen LogP contribution is -2.42. The van der Waals surface area contributed by atoms with Gasteiger partial charge in [-0.3, -0.25) is 4.79 Å². The van der Waals surface area contributed by atoms with Crippen LogP contribution in [-0.2, 0) is 17.8 Å². The molecule has 2 aromatic rings. The van der Waals surface area contributed by atoms with Crippen molar-refractivity contribution < 1.29 is 4.79 Å². The summed E-state index contributed by atoms with van der Waals surface area (Å²) in [6.07, 6.45) is 2.85. The number of nitrogens with zero attached hydrogens (tertiary/aromatic N) is 5. The van der Waals surface area contributed by atoms with Crippen LogP contribution in [0, 0.1) is 0 Å². The molecular formula is C19H25N5O. The van der Waals surface area contributed by atoms with Crippen LogP contribution in [-0.4, -0.2) is 57.7 Å². The van der Waals surface area contributed by atoms with E-state index in [1.807, 2.05) is 25.2 Å². The standard InChI is InChI=1S/C19H25N5O/c1-22-10-8-15(9-11-22)18-21-20-17-13-23(2)19(25)16(24(17)18)12-14-6-4-3-5-7-14/h3-7,15-16H,8-13H2,1-2H3/t16-/m1/s1. The van der Waals surface area contributed by atoms with E-state index >= 15 is 0 Å². The molecule has 0 radical (unpaired) electrons. The number of aromatic nitrogens is 3. The average Bonchev–Trinajstić information content (AvgIpc) is 3.04. The molecule has 1 aromatic carbocycles. The SMILES string of the molecule is CN1CCC(c2nnc3n2[C@H](Cc2ccccc2)C(=O)N(C)C3)CC1. The van der Waals surface area contributed by atoms with Gasteiger partial charge in [0.25, 0.3) is 0 Å². The van der Waals surface area contributed by atoms with E-state index in [2.05, 4.69) is 38.8 Å². The summed E-state index contributed by atoms with van der Waals surface area (Å²) in [5.41, 5.74) is 1.17. The smallest absolute Gasteiger partial charge is 0.246 e. The number of likely N-dealkylation sites (N-methyl/N-ethyl adjacent to an activating group) is 1. The second-order valence-electron chi connectivity index (χ2n) is 7.32. The highest BCUT2D eigenvalue weighted by Crippen LogP contribution is 2.32. The average molecular weight is 339 g/mol. The minimum Gasteiger partial charge on any atom is -0.336 e. The lowest BCUT2D eigenvalue weighted by Gasteiger charge is -2.34. The zero-order valence-electron chi connectivity index (χ0n) is 14.9. The van der Waals surface area contributed by atoms with Crippen molar-refractivity contribution in [3.8, 4) is 0 Å². The first-order valence-corrected chi connectivity index (χ1v) is 9.04. The number of piperidine rings is 1. The summed E-state index contributed by atoms with van der Waals surface area (Å²) >= 11 is 0. The first-order valence-electron chi connectivity index (χ1n) is 9.04. The summed E-state index contributed by atoms with van der Waals surface area (Å²) in [5.74, 6) is 2.47. The van der Waals surface area contributed by atoms with E-state index in [0.29, 0.717) is 18.9 Å². The van der Waals surface area contributed by atoms with E-state index in [1.54, 1.807) is 4.90 Å². The number of hydrogen-bond donors (Lipinski definition) is 0. The summed E-state index contributed by atoms with van der Waals surface area (Å²) in [6.45, 7) is 2.69. The Hall–Kier alpha value is -2.21. The van der Waals surface area contributed by atoms with E-state index in [9.17, 15) is 4.79 Å². The molecule has 0 unspecified atom stereocenters. The summed E-state index contributed by atoms with van der Waals surface area (Å²) in [4.78, 5) is 17.0. The molecule has 3 heterocycles. The van der Waals surface area contributed by atoms with Gasteiger partial charge >= 0.3 is 0 Å². The number of hydrogen-bond acceptors (Lipinski definition) is 4. The molecule has 0 spiro atoms. The van der Waals surface area contributed by atoms with Crippen LogP contribution in [0.2, 0.25) is 0 Å². The Kier molecular flexibility index (Phi) is 4.29. The van der Waals surface area contributed by atoms with Crippen molar-refractivity contribution in [3.05, 3.63) is 47.5 Å². The number of carbonyl (C=O) groups excluding carboxylic acids is 1. The van der Waals surface area contributed by atoms with E-state index in [4.69, 9.17) is 0 Å². The van der Waals surface area contributed by atoms with Gasteiger partial charge in [-0.05, 0) is 38.5 Å². The van der Waals surface area contributed by atoms with Crippen LogP contribution in [0.15, 0.2) is 30.3 Å². The van der Waals surface area contributed by atoms with Crippen molar-refractivity contribution in [1.82, 2.24) is 24.6 Å². The van der Waals surface area contributed by atoms with Gasteiger partial charge < -0.3 is 14.4 Å². The molecule has 1 fully saturated rings.